The van der Waals surface area contributed by atoms with Gasteiger partial charge in [-0.05, 0) is 31.2 Å². The van der Waals surface area contributed by atoms with Gasteiger partial charge in [0.2, 0.25) is 0 Å². The molecule has 2 rings (SSSR count). The van der Waals surface area contributed by atoms with Gasteiger partial charge in [0.05, 0.1) is 23.5 Å². The average molecular weight is 258 g/mol. The van der Waals surface area contributed by atoms with Crippen molar-refractivity contribution in [3.8, 4) is 0 Å². The normalized spacial score (nSPS) is 10.3. The molecule has 1 heterocycles. The molecule has 1 aromatic carbocycles. The molecule has 19 heavy (non-hydrogen) atoms. The summed E-state index contributed by atoms with van der Waals surface area (Å²) in [5, 5.41) is 0. The second-order valence-electron chi connectivity index (χ2n) is 4.37. The Morgan fingerprint density at radius 3 is 2.68 bits per heavy atom. The van der Waals surface area contributed by atoms with Crippen LogP contribution in [0.2, 0.25) is 0 Å². The maximum atomic E-state index is 13.7. The van der Waals surface area contributed by atoms with Gasteiger partial charge in [0, 0.05) is 13.2 Å². The third kappa shape index (κ3) is 2.96. The predicted molar refractivity (Wildman–Crippen MR) is 72.7 cm³/mol. The van der Waals surface area contributed by atoms with Gasteiger partial charge in [0.25, 0.3) is 0 Å². The molecule has 3 nitrogen and oxygen atoms in total. The van der Waals surface area contributed by atoms with E-state index in [0.29, 0.717) is 12.2 Å². The van der Waals surface area contributed by atoms with Crippen LogP contribution >= 0.6 is 0 Å². The molecular weight excluding hydrogens is 243 g/mol. The van der Waals surface area contributed by atoms with Gasteiger partial charge in [-0.1, -0.05) is 12.1 Å². The summed E-state index contributed by atoms with van der Waals surface area (Å²) in [5.41, 5.74) is 1.57. The molecule has 1 aromatic heterocycles. The number of nitrogens with zero attached hydrogens (tertiary/aromatic N) is 2. The fourth-order valence-electron chi connectivity index (χ4n) is 2.00. The van der Waals surface area contributed by atoms with Crippen LogP contribution in [0.3, 0.4) is 0 Å². The van der Waals surface area contributed by atoms with E-state index in [1.54, 1.807) is 18.3 Å². The molecule has 0 atom stereocenters. The molecule has 0 bridgehead atoms. The highest BCUT2D eigenvalue weighted by atomic mass is 19.1. The SMILES string of the molecule is CC(=O)c1c(F)cccc1N(C)Cc1ccccn1. The minimum Gasteiger partial charge on any atom is -0.368 e. The zero-order valence-electron chi connectivity index (χ0n) is 10.9. The first kappa shape index (κ1) is 13.2. The van der Waals surface area contributed by atoms with Crippen LogP contribution in [-0.2, 0) is 6.54 Å². The van der Waals surface area contributed by atoms with Crippen molar-refractivity contribution in [2.45, 2.75) is 13.5 Å². The van der Waals surface area contributed by atoms with Crippen LogP contribution in [0.1, 0.15) is 23.0 Å². The number of hydrogen-bond acceptors (Lipinski definition) is 3. The van der Waals surface area contributed by atoms with E-state index < -0.39 is 5.82 Å². The Labute approximate surface area is 111 Å². The van der Waals surface area contributed by atoms with E-state index >= 15 is 0 Å². The van der Waals surface area contributed by atoms with Crippen molar-refractivity contribution in [2.75, 3.05) is 11.9 Å². The maximum absolute atomic E-state index is 13.7. The first-order chi connectivity index (χ1) is 9.09. The lowest BCUT2D eigenvalue weighted by Gasteiger charge is -2.21. The molecule has 0 saturated carbocycles. The molecule has 2 aromatic rings. The number of halogens is 1. The second-order valence-corrected chi connectivity index (χ2v) is 4.37. The van der Waals surface area contributed by atoms with Crippen molar-refractivity contribution >= 4 is 11.5 Å². The zero-order valence-corrected chi connectivity index (χ0v) is 10.9. The lowest BCUT2D eigenvalue weighted by Crippen LogP contribution is -2.20. The van der Waals surface area contributed by atoms with E-state index in [1.165, 1.54) is 13.0 Å². The molecule has 0 fully saturated rings. The van der Waals surface area contributed by atoms with E-state index in [9.17, 15) is 9.18 Å². The largest absolute Gasteiger partial charge is 0.368 e. The van der Waals surface area contributed by atoms with Crippen LogP contribution in [0.5, 0.6) is 0 Å². The molecule has 0 aliphatic carbocycles. The van der Waals surface area contributed by atoms with Gasteiger partial charge in [-0.3, -0.25) is 9.78 Å². The van der Waals surface area contributed by atoms with Gasteiger partial charge in [0.15, 0.2) is 5.78 Å². The van der Waals surface area contributed by atoms with Crippen LogP contribution in [-0.4, -0.2) is 17.8 Å². The van der Waals surface area contributed by atoms with Crippen molar-refractivity contribution in [3.05, 3.63) is 59.7 Å². The lowest BCUT2D eigenvalue weighted by molar-refractivity contribution is 0.101. The number of carbonyl (C=O) groups excluding carboxylic acids is 1. The van der Waals surface area contributed by atoms with Crippen LogP contribution in [0.25, 0.3) is 0 Å². The highest BCUT2D eigenvalue weighted by Gasteiger charge is 2.16. The van der Waals surface area contributed by atoms with Crippen molar-refractivity contribution < 1.29 is 9.18 Å². The van der Waals surface area contributed by atoms with E-state index in [4.69, 9.17) is 0 Å². The summed E-state index contributed by atoms with van der Waals surface area (Å²) in [6.45, 7) is 1.89. The summed E-state index contributed by atoms with van der Waals surface area (Å²) < 4.78 is 13.7. The Kier molecular flexibility index (Phi) is 3.90. The highest BCUT2D eigenvalue weighted by molar-refractivity contribution is 5.99. The summed E-state index contributed by atoms with van der Waals surface area (Å²) in [6, 6.07) is 10.3. The number of benzene rings is 1. The van der Waals surface area contributed by atoms with Crippen LogP contribution in [0, 0.1) is 5.82 Å². The molecule has 0 saturated heterocycles. The molecular formula is C15H15FN2O. The van der Waals surface area contributed by atoms with Gasteiger partial charge in [-0.2, -0.15) is 0 Å². The first-order valence-electron chi connectivity index (χ1n) is 6.00. The van der Waals surface area contributed by atoms with Gasteiger partial charge in [-0.25, -0.2) is 4.39 Å². The van der Waals surface area contributed by atoms with Crippen molar-refractivity contribution in [1.29, 1.82) is 0 Å². The van der Waals surface area contributed by atoms with E-state index in [-0.39, 0.29) is 11.3 Å². The summed E-state index contributed by atoms with van der Waals surface area (Å²) in [5.74, 6) is -0.765. The minimum atomic E-state index is -0.488. The Morgan fingerprint density at radius 1 is 1.26 bits per heavy atom. The number of hydrogen-bond donors (Lipinski definition) is 0. The number of anilines is 1. The number of pyridine rings is 1. The van der Waals surface area contributed by atoms with Gasteiger partial charge in [0.1, 0.15) is 5.82 Å². The molecule has 0 spiro atoms. The quantitative estimate of drug-likeness (QED) is 0.790. The first-order valence-corrected chi connectivity index (χ1v) is 6.00. The zero-order chi connectivity index (χ0) is 13.8. The number of Topliss-reactive ketones (excluding diaryl/α,β-unsaturated/α-hetero) is 1. The second kappa shape index (κ2) is 5.61. The van der Waals surface area contributed by atoms with Crippen LogP contribution in [0.15, 0.2) is 42.6 Å². The predicted octanol–water partition coefficient (Wildman–Crippen LogP) is 3.06. The Hall–Kier alpha value is -2.23. The molecule has 0 radical (unpaired) electrons. The van der Waals surface area contributed by atoms with E-state index in [2.05, 4.69) is 4.98 Å². The summed E-state index contributed by atoms with van der Waals surface area (Å²) >= 11 is 0. The van der Waals surface area contributed by atoms with Crippen molar-refractivity contribution in [1.82, 2.24) is 4.98 Å². The lowest BCUT2D eigenvalue weighted by atomic mass is 10.1. The van der Waals surface area contributed by atoms with Crippen LogP contribution in [0.4, 0.5) is 10.1 Å². The standard InChI is InChI=1S/C15H15FN2O/c1-11(19)15-13(16)7-5-8-14(15)18(2)10-12-6-3-4-9-17-12/h3-9H,10H2,1-2H3. The van der Waals surface area contributed by atoms with Gasteiger partial charge < -0.3 is 4.90 Å². The number of ketones is 1. The summed E-state index contributed by atoms with van der Waals surface area (Å²) in [4.78, 5) is 17.6. The van der Waals surface area contributed by atoms with Crippen LogP contribution < -0.4 is 4.90 Å². The molecule has 0 aliphatic heterocycles. The molecule has 0 N–H and O–H groups in total. The monoisotopic (exact) mass is 258 g/mol. The fourth-order valence-corrected chi connectivity index (χ4v) is 2.00. The fraction of sp³-hybridized carbons (Fsp3) is 0.200. The Balaban J connectivity index is 2.31. The third-order valence-electron chi connectivity index (χ3n) is 2.88. The molecule has 0 aliphatic rings. The molecule has 0 amide bonds. The number of carbonyl (C=O) groups is 1. The number of aromatic nitrogens is 1. The molecule has 0 unspecified atom stereocenters. The van der Waals surface area contributed by atoms with Crippen molar-refractivity contribution in [2.24, 2.45) is 0 Å². The number of rotatable bonds is 4. The molecule has 4 heteroatoms. The Morgan fingerprint density at radius 2 is 2.05 bits per heavy atom. The summed E-state index contributed by atoms with van der Waals surface area (Å²) in [7, 11) is 1.82. The average Bonchev–Trinajstić information content (AvgIpc) is 2.39. The minimum absolute atomic E-state index is 0.126. The van der Waals surface area contributed by atoms with E-state index in [1.807, 2.05) is 30.1 Å². The third-order valence-corrected chi connectivity index (χ3v) is 2.88. The highest BCUT2D eigenvalue weighted by Crippen LogP contribution is 2.23. The van der Waals surface area contributed by atoms with E-state index in [0.717, 1.165) is 5.69 Å². The Bertz CT molecular complexity index is 584. The van der Waals surface area contributed by atoms with Gasteiger partial charge in [-0.15, -0.1) is 0 Å². The van der Waals surface area contributed by atoms with Gasteiger partial charge >= 0.3 is 0 Å². The summed E-state index contributed by atoms with van der Waals surface area (Å²) in [6.07, 6.45) is 1.71. The topological polar surface area (TPSA) is 33.2 Å². The molecule has 98 valence electrons. The maximum Gasteiger partial charge on any atom is 0.164 e. The van der Waals surface area contributed by atoms with Crippen molar-refractivity contribution in [3.63, 3.8) is 0 Å². The smallest absolute Gasteiger partial charge is 0.164 e.